The Morgan fingerprint density at radius 2 is 2.00 bits per heavy atom. The molecule has 2 aromatic rings. The SMILES string of the molecule is O=C(c1cc(Nc2ccccc2F)ccn1)N1CCOCC1. The fourth-order valence-corrected chi connectivity index (χ4v) is 2.27. The minimum absolute atomic E-state index is 0.138. The van der Waals surface area contributed by atoms with Gasteiger partial charge in [0.15, 0.2) is 0 Å². The molecule has 1 aromatic heterocycles. The van der Waals surface area contributed by atoms with Crippen molar-refractivity contribution in [2.45, 2.75) is 0 Å². The van der Waals surface area contributed by atoms with Crippen LogP contribution in [-0.2, 0) is 4.74 Å². The highest BCUT2D eigenvalue weighted by Gasteiger charge is 2.19. The maximum atomic E-state index is 13.7. The molecule has 5 nitrogen and oxygen atoms in total. The predicted molar refractivity (Wildman–Crippen MR) is 80.6 cm³/mol. The number of pyridine rings is 1. The molecular formula is C16H16FN3O2. The monoisotopic (exact) mass is 301 g/mol. The molecule has 1 saturated heterocycles. The van der Waals surface area contributed by atoms with E-state index in [9.17, 15) is 9.18 Å². The van der Waals surface area contributed by atoms with Gasteiger partial charge in [0.2, 0.25) is 0 Å². The Hall–Kier alpha value is -2.47. The van der Waals surface area contributed by atoms with Gasteiger partial charge in [-0.15, -0.1) is 0 Å². The molecule has 0 unspecified atom stereocenters. The van der Waals surface area contributed by atoms with E-state index in [2.05, 4.69) is 10.3 Å². The molecule has 3 rings (SSSR count). The number of morpholine rings is 1. The van der Waals surface area contributed by atoms with E-state index in [1.807, 2.05) is 0 Å². The molecule has 1 fully saturated rings. The van der Waals surface area contributed by atoms with Gasteiger partial charge < -0.3 is 15.0 Å². The van der Waals surface area contributed by atoms with E-state index >= 15 is 0 Å². The maximum absolute atomic E-state index is 13.7. The normalized spacial score (nSPS) is 14.7. The van der Waals surface area contributed by atoms with Crippen molar-refractivity contribution < 1.29 is 13.9 Å². The van der Waals surface area contributed by atoms with Gasteiger partial charge in [-0.25, -0.2) is 4.39 Å². The number of carbonyl (C=O) groups excluding carboxylic acids is 1. The Morgan fingerprint density at radius 3 is 2.77 bits per heavy atom. The molecule has 1 aliphatic rings. The molecule has 1 aromatic carbocycles. The second kappa shape index (κ2) is 6.53. The van der Waals surface area contributed by atoms with Crippen molar-refractivity contribution >= 4 is 17.3 Å². The van der Waals surface area contributed by atoms with Gasteiger partial charge in [0, 0.05) is 25.0 Å². The lowest BCUT2D eigenvalue weighted by Crippen LogP contribution is -2.41. The van der Waals surface area contributed by atoms with Crippen LogP contribution in [0.15, 0.2) is 42.6 Å². The molecule has 1 N–H and O–H groups in total. The number of aromatic nitrogens is 1. The fraction of sp³-hybridized carbons (Fsp3) is 0.250. The van der Waals surface area contributed by atoms with Crippen LogP contribution in [0.4, 0.5) is 15.8 Å². The molecule has 22 heavy (non-hydrogen) atoms. The zero-order valence-electron chi connectivity index (χ0n) is 12.0. The topological polar surface area (TPSA) is 54.5 Å². The van der Waals surface area contributed by atoms with Crippen LogP contribution in [0.25, 0.3) is 0 Å². The van der Waals surface area contributed by atoms with Crippen molar-refractivity contribution in [2.75, 3.05) is 31.6 Å². The standard InChI is InChI=1S/C16H16FN3O2/c17-13-3-1-2-4-14(13)19-12-5-6-18-15(11-12)16(21)20-7-9-22-10-8-20/h1-6,11H,7-10H2,(H,18,19). The summed E-state index contributed by atoms with van der Waals surface area (Å²) in [6, 6.07) is 9.71. The number of amides is 1. The van der Waals surface area contributed by atoms with Gasteiger partial charge in [0.1, 0.15) is 11.5 Å². The predicted octanol–water partition coefficient (Wildman–Crippen LogP) is 2.44. The molecule has 0 radical (unpaired) electrons. The second-order valence-corrected chi connectivity index (χ2v) is 4.94. The van der Waals surface area contributed by atoms with Crippen molar-refractivity contribution in [3.63, 3.8) is 0 Å². The highest BCUT2D eigenvalue weighted by molar-refractivity contribution is 5.93. The number of carbonyl (C=O) groups is 1. The quantitative estimate of drug-likeness (QED) is 0.946. The van der Waals surface area contributed by atoms with Gasteiger partial charge in [-0.1, -0.05) is 12.1 Å². The first-order chi connectivity index (χ1) is 10.7. The number of para-hydroxylation sites is 1. The average Bonchev–Trinajstić information content (AvgIpc) is 2.57. The smallest absolute Gasteiger partial charge is 0.272 e. The summed E-state index contributed by atoms with van der Waals surface area (Å²) < 4.78 is 18.9. The van der Waals surface area contributed by atoms with E-state index in [0.29, 0.717) is 43.4 Å². The van der Waals surface area contributed by atoms with E-state index in [1.165, 1.54) is 12.3 Å². The Morgan fingerprint density at radius 1 is 1.23 bits per heavy atom. The van der Waals surface area contributed by atoms with Gasteiger partial charge in [-0.05, 0) is 24.3 Å². The van der Waals surface area contributed by atoms with E-state index in [1.54, 1.807) is 35.2 Å². The first-order valence-electron chi connectivity index (χ1n) is 7.09. The zero-order valence-corrected chi connectivity index (χ0v) is 12.0. The average molecular weight is 301 g/mol. The molecule has 6 heteroatoms. The van der Waals surface area contributed by atoms with Gasteiger partial charge in [0.05, 0.1) is 18.9 Å². The molecule has 0 saturated carbocycles. The Kier molecular flexibility index (Phi) is 4.29. The molecule has 1 aliphatic heterocycles. The van der Waals surface area contributed by atoms with Gasteiger partial charge in [0.25, 0.3) is 5.91 Å². The number of hydrogen-bond donors (Lipinski definition) is 1. The first kappa shape index (κ1) is 14.5. The summed E-state index contributed by atoms with van der Waals surface area (Å²) in [5, 5.41) is 2.96. The summed E-state index contributed by atoms with van der Waals surface area (Å²) in [5.41, 5.74) is 1.32. The lowest BCUT2D eigenvalue weighted by molar-refractivity contribution is 0.0299. The molecular weight excluding hydrogens is 285 g/mol. The van der Waals surface area contributed by atoms with E-state index < -0.39 is 0 Å². The maximum Gasteiger partial charge on any atom is 0.272 e. The summed E-state index contributed by atoms with van der Waals surface area (Å²) in [5.74, 6) is -0.485. The summed E-state index contributed by atoms with van der Waals surface area (Å²) >= 11 is 0. The summed E-state index contributed by atoms with van der Waals surface area (Å²) in [6.07, 6.45) is 1.54. The summed E-state index contributed by atoms with van der Waals surface area (Å²) in [4.78, 5) is 18.2. The second-order valence-electron chi connectivity index (χ2n) is 4.94. The number of halogens is 1. The van der Waals surface area contributed by atoms with Crippen LogP contribution in [0.1, 0.15) is 10.5 Å². The highest BCUT2D eigenvalue weighted by Crippen LogP contribution is 2.20. The lowest BCUT2D eigenvalue weighted by atomic mass is 10.2. The van der Waals surface area contributed by atoms with Crippen molar-refractivity contribution in [2.24, 2.45) is 0 Å². The van der Waals surface area contributed by atoms with Crippen LogP contribution in [-0.4, -0.2) is 42.1 Å². The number of ether oxygens (including phenoxy) is 1. The zero-order chi connectivity index (χ0) is 15.4. The summed E-state index contributed by atoms with van der Waals surface area (Å²) in [7, 11) is 0. The van der Waals surface area contributed by atoms with E-state index in [0.717, 1.165) is 0 Å². The Balaban J connectivity index is 1.77. The van der Waals surface area contributed by atoms with Gasteiger partial charge in [-0.2, -0.15) is 0 Å². The van der Waals surface area contributed by atoms with Crippen molar-refractivity contribution in [1.29, 1.82) is 0 Å². The van der Waals surface area contributed by atoms with Crippen molar-refractivity contribution in [1.82, 2.24) is 9.88 Å². The molecule has 1 amide bonds. The highest BCUT2D eigenvalue weighted by atomic mass is 19.1. The molecule has 0 spiro atoms. The fourth-order valence-electron chi connectivity index (χ4n) is 2.27. The number of nitrogens with zero attached hydrogens (tertiary/aromatic N) is 2. The van der Waals surface area contributed by atoms with Crippen molar-refractivity contribution in [3.05, 3.63) is 54.1 Å². The van der Waals surface area contributed by atoms with Gasteiger partial charge >= 0.3 is 0 Å². The van der Waals surface area contributed by atoms with Crippen LogP contribution in [0, 0.1) is 5.82 Å². The lowest BCUT2D eigenvalue weighted by Gasteiger charge is -2.26. The number of benzene rings is 1. The van der Waals surface area contributed by atoms with Crippen molar-refractivity contribution in [3.8, 4) is 0 Å². The van der Waals surface area contributed by atoms with Gasteiger partial charge in [-0.3, -0.25) is 9.78 Å². The molecule has 0 bridgehead atoms. The third kappa shape index (κ3) is 3.23. The number of anilines is 2. The van der Waals surface area contributed by atoms with Crippen LogP contribution in [0.5, 0.6) is 0 Å². The minimum Gasteiger partial charge on any atom is -0.378 e. The van der Waals surface area contributed by atoms with Crippen LogP contribution >= 0.6 is 0 Å². The third-order valence-electron chi connectivity index (χ3n) is 3.43. The number of hydrogen-bond acceptors (Lipinski definition) is 4. The van der Waals surface area contributed by atoms with E-state index in [-0.39, 0.29) is 11.7 Å². The number of nitrogens with one attached hydrogen (secondary N) is 1. The molecule has 114 valence electrons. The molecule has 0 aliphatic carbocycles. The Labute approximate surface area is 127 Å². The summed E-state index contributed by atoms with van der Waals surface area (Å²) in [6.45, 7) is 2.20. The minimum atomic E-state index is -0.347. The third-order valence-corrected chi connectivity index (χ3v) is 3.43. The van der Waals surface area contributed by atoms with Crippen LogP contribution in [0.2, 0.25) is 0 Å². The van der Waals surface area contributed by atoms with Crippen LogP contribution < -0.4 is 5.32 Å². The van der Waals surface area contributed by atoms with Crippen LogP contribution in [0.3, 0.4) is 0 Å². The van der Waals surface area contributed by atoms with E-state index in [4.69, 9.17) is 4.74 Å². The Bertz CT molecular complexity index is 672. The first-order valence-corrected chi connectivity index (χ1v) is 7.09. The molecule has 0 atom stereocenters. The number of rotatable bonds is 3. The largest absolute Gasteiger partial charge is 0.378 e. The molecule has 2 heterocycles.